The Morgan fingerprint density at radius 1 is 0.955 bits per heavy atom. The summed E-state index contributed by atoms with van der Waals surface area (Å²) in [4.78, 5) is 0. The molecule has 0 saturated heterocycles. The standard InChI is InChI=1S/C22H32/c1-3-5-7-8-10-20-13-17-22(18-14-20)21-15-11-19(12-16-21)9-6-4-2/h5,7-8,10-12,15-16,20,22H,3-4,6,9,13-14,17-18H2,1-2H3/b7-5+,10-8+. The summed E-state index contributed by atoms with van der Waals surface area (Å²) in [6.07, 6.45) is 19.4. The Labute approximate surface area is 137 Å². The fourth-order valence-corrected chi connectivity index (χ4v) is 3.42. The van der Waals surface area contributed by atoms with E-state index in [1.165, 1.54) is 50.5 Å². The molecular weight excluding hydrogens is 264 g/mol. The van der Waals surface area contributed by atoms with Crippen molar-refractivity contribution in [2.75, 3.05) is 0 Å². The molecule has 0 spiro atoms. The summed E-state index contributed by atoms with van der Waals surface area (Å²) in [5.41, 5.74) is 3.07. The number of hydrogen-bond donors (Lipinski definition) is 0. The minimum absolute atomic E-state index is 0.788. The lowest BCUT2D eigenvalue weighted by Gasteiger charge is -2.27. The third kappa shape index (κ3) is 5.48. The largest absolute Gasteiger partial charge is 0.0848 e. The van der Waals surface area contributed by atoms with E-state index in [-0.39, 0.29) is 0 Å². The topological polar surface area (TPSA) is 0 Å². The molecule has 0 bridgehead atoms. The summed E-state index contributed by atoms with van der Waals surface area (Å²) in [6.45, 7) is 4.45. The Morgan fingerprint density at radius 2 is 1.68 bits per heavy atom. The van der Waals surface area contributed by atoms with Gasteiger partial charge in [0.25, 0.3) is 0 Å². The van der Waals surface area contributed by atoms with E-state index in [0.29, 0.717) is 0 Å². The molecule has 1 saturated carbocycles. The second-order valence-electron chi connectivity index (χ2n) is 6.68. The van der Waals surface area contributed by atoms with Crippen molar-refractivity contribution in [2.24, 2.45) is 5.92 Å². The van der Waals surface area contributed by atoms with Gasteiger partial charge in [-0.3, -0.25) is 0 Å². The Kier molecular flexibility index (Phi) is 7.49. The van der Waals surface area contributed by atoms with Gasteiger partial charge in [0.2, 0.25) is 0 Å². The van der Waals surface area contributed by atoms with Gasteiger partial charge in [-0.1, -0.05) is 68.8 Å². The van der Waals surface area contributed by atoms with Crippen molar-refractivity contribution < 1.29 is 0 Å². The van der Waals surface area contributed by atoms with Gasteiger partial charge in [0.1, 0.15) is 0 Å². The van der Waals surface area contributed by atoms with E-state index < -0.39 is 0 Å². The number of hydrogen-bond acceptors (Lipinski definition) is 0. The van der Waals surface area contributed by atoms with Crippen LogP contribution in [0.3, 0.4) is 0 Å². The predicted octanol–water partition coefficient (Wildman–Crippen LogP) is 6.83. The second kappa shape index (κ2) is 9.66. The van der Waals surface area contributed by atoms with Gasteiger partial charge in [-0.15, -0.1) is 0 Å². The highest BCUT2D eigenvalue weighted by molar-refractivity contribution is 5.26. The average molecular weight is 296 g/mol. The predicted molar refractivity (Wildman–Crippen MR) is 98.3 cm³/mol. The zero-order chi connectivity index (χ0) is 15.6. The summed E-state index contributed by atoms with van der Waals surface area (Å²) in [6, 6.07) is 9.48. The van der Waals surface area contributed by atoms with Crippen LogP contribution in [0, 0.1) is 5.92 Å². The SMILES string of the molecule is CC/C=C/C=C/C1CCC(c2ccc(CCCC)cc2)CC1. The van der Waals surface area contributed by atoms with Crippen molar-refractivity contribution in [2.45, 2.75) is 71.1 Å². The van der Waals surface area contributed by atoms with Crippen LogP contribution in [0.4, 0.5) is 0 Å². The van der Waals surface area contributed by atoms with Crippen LogP contribution in [0.5, 0.6) is 0 Å². The van der Waals surface area contributed by atoms with Gasteiger partial charge >= 0.3 is 0 Å². The van der Waals surface area contributed by atoms with Gasteiger partial charge in [0.05, 0.1) is 0 Å². The molecule has 120 valence electrons. The summed E-state index contributed by atoms with van der Waals surface area (Å²) in [5, 5.41) is 0. The van der Waals surface area contributed by atoms with Crippen LogP contribution in [0.1, 0.15) is 75.8 Å². The molecule has 0 radical (unpaired) electrons. The lowest BCUT2D eigenvalue weighted by atomic mass is 9.78. The first-order valence-corrected chi connectivity index (χ1v) is 9.25. The lowest BCUT2D eigenvalue weighted by Crippen LogP contribution is -2.11. The van der Waals surface area contributed by atoms with Gasteiger partial charge in [-0.2, -0.15) is 0 Å². The first kappa shape index (κ1) is 17.1. The zero-order valence-corrected chi connectivity index (χ0v) is 14.4. The van der Waals surface area contributed by atoms with Gasteiger partial charge in [-0.25, -0.2) is 0 Å². The molecule has 0 heterocycles. The van der Waals surface area contributed by atoms with Crippen molar-refractivity contribution in [1.82, 2.24) is 0 Å². The van der Waals surface area contributed by atoms with Crippen LogP contribution in [-0.2, 0) is 6.42 Å². The molecule has 2 rings (SSSR count). The van der Waals surface area contributed by atoms with Crippen LogP contribution >= 0.6 is 0 Å². The molecule has 1 aromatic rings. The summed E-state index contributed by atoms with van der Waals surface area (Å²) in [5.74, 6) is 1.58. The molecular formula is C22H32. The van der Waals surface area contributed by atoms with Crippen LogP contribution in [0.15, 0.2) is 48.6 Å². The molecule has 1 aliphatic carbocycles. The minimum atomic E-state index is 0.788. The van der Waals surface area contributed by atoms with Crippen molar-refractivity contribution in [3.05, 3.63) is 59.7 Å². The summed E-state index contributed by atoms with van der Waals surface area (Å²) in [7, 11) is 0. The van der Waals surface area contributed by atoms with Gasteiger partial charge in [0.15, 0.2) is 0 Å². The van der Waals surface area contributed by atoms with Crippen LogP contribution < -0.4 is 0 Å². The number of benzene rings is 1. The van der Waals surface area contributed by atoms with E-state index in [4.69, 9.17) is 0 Å². The normalized spacial score (nSPS) is 22.6. The first-order chi connectivity index (χ1) is 10.8. The maximum atomic E-state index is 2.41. The van der Waals surface area contributed by atoms with Gasteiger partial charge in [-0.05, 0) is 67.9 Å². The fraction of sp³-hybridized carbons (Fsp3) is 0.545. The number of rotatable bonds is 7. The van der Waals surface area contributed by atoms with Crippen LogP contribution in [-0.4, -0.2) is 0 Å². The molecule has 0 atom stereocenters. The molecule has 0 amide bonds. The van der Waals surface area contributed by atoms with Gasteiger partial charge < -0.3 is 0 Å². The van der Waals surface area contributed by atoms with E-state index in [2.05, 4.69) is 62.4 Å². The highest BCUT2D eigenvalue weighted by Crippen LogP contribution is 2.36. The molecule has 22 heavy (non-hydrogen) atoms. The molecule has 0 unspecified atom stereocenters. The molecule has 0 heteroatoms. The summed E-state index contributed by atoms with van der Waals surface area (Å²) >= 11 is 0. The van der Waals surface area contributed by atoms with Crippen LogP contribution in [0.2, 0.25) is 0 Å². The van der Waals surface area contributed by atoms with Crippen molar-refractivity contribution >= 4 is 0 Å². The van der Waals surface area contributed by atoms with Crippen molar-refractivity contribution in [1.29, 1.82) is 0 Å². The van der Waals surface area contributed by atoms with E-state index in [1.807, 2.05) is 0 Å². The van der Waals surface area contributed by atoms with Crippen molar-refractivity contribution in [3.63, 3.8) is 0 Å². The maximum absolute atomic E-state index is 2.41. The number of allylic oxidation sites excluding steroid dienone is 4. The molecule has 0 aliphatic heterocycles. The molecule has 1 fully saturated rings. The maximum Gasteiger partial charge on any atom is -0.0162 e. The number of unbranched alkanes of at least 4 members (excludes halogenated alkanes) is 1. The highest BCUT2D eigenvalue weighted by Gasteiger charge is 2.20. The molecule has 1 aliphatic rings. The third-order valence-electron chi connectivity index (χ3n) is 4.91. The van der Waals surface area contributed by atoms with Crippen LogP contribution in [0.25, 0.3) is 0 Å². The second-order valence-corrected chi connectivity index (χ2v) is 6.68. The molecule has 1 aromatic carbocycles. The van der Waals surface area contributed by atoms with Crippen molar-refractivity contribution in [3.8, 4) is 0 Å². The molecule has 0 aromatic heterocycles. The number of aryl methyl sites for hydroxylation is 1. The lowest BCUT2D eigenvalue weighted by molar-refractivity contribution is 0.376. The molecule has 0 nitrogen and oxygen atoms in total. The minimum Gasteiger partial charge on any atom is -0.0848 e. The summed E-state index contributed by atoms with van der Waals surface area (Å²) < 4.78 is 0. The van der Waals surface area contributed by atoms with E-state index in [1.54, 1.807) is 5.56 Å². The monoisotopic (exact) mass is 296 g/mol. The Morgan fingerprint density at radius 3 is 2.32 bits per heavy atom. The average Bonchev–Trinajstić information content (AvgIpc) is 2.58. The van der Waals surface area contributed by atoms with E-state index in [9.17, 15) is 0 Å². The Balaban J connectivity index is 1.81. The first-order valence-electron chi connectivity index (χ1n) is 9.25. The Bertz CT molecular complexity index is 455. The van der Waals surface area contributed by atoms with Gasteiger partial charge in [0, 0.05) is 0 Å². The third-order valence-corrected chi connectivity index (χ3v) is 4.91. The smallest absolute Gasteiger partial charge is 0.0162 e. The quantitative estimate of drug-likeness (QED) is 0.484. The highest BCUT2D eigenvalue weighted by atomic mass is 14.3. The molecule has 0 N–H and O–H groups in total. The zero-order valence-electron chi connectivity index (χ0n) is 14.4. The van der Waals surface area contributed by atoms with E-state index >= 15 is 0 Å². The fourth-order valence-electron chi connectivity index (χ4n) is 3.42. The van der Waals surface area contributed by atoms with E-state index in [0.717, 1.165) is 18.3 Å². The Hall–Kier alpha value is -1.30.